The number of nitrogens with one attached hydrogen (secondary N) is 1. The van der Waals surface area contributed by atoms with Crippen LogP contribution < -0.4 is 0 Å². The van der Waals surface area contributed by atoms with Gasteiger partial charge >= 0.3 is 0 Å². The van der Waals surface area contributed by atoms with Crippen molar-refractivity contribution in [3.05, 3.63) is 88.4 Å². The number of thiophene rings is 1. The molecule has 1 unspecified atom stereocenters. The number of carbonyl (C=O) groups is 1. The van der Waals surface area contributed by atoms with Gasteiger partial charge in [-0.25, -0.2) is 0 Å². The lowest BCUT2D eigenvalue weighted by Gasteiger charge is -2.25. The zero-order valence-electron chi connectivity index (χ0n) is 16.3. The molecular weight excluding hydrogens is 382 g/mol. The monoisotopic (exact) mass is 407 g/mol. The van der Waals surface area contributed by atoms with Crippen molar-refractivity contribution in [1.82, 2.24) is 0 Å². The van der Waals surface area contributed by atoms with Crippen LogP contribution in [0.15, 0.2) is 71.0 Å². The fourth-order valence-corrected chi connectivity index (χ4v) is 6.06. The van der Waals surface area contributed by atoms with Crippen LogP contribution in [-0.2, 0) is 12.2 Å². The van der Waals surface area contributed by atoms with Crippen LogP contribution in [0, 0.1) is 11.3 Å². The topological polar surface area (TPSA) is 40.9 Å². The number of Topliss-reactive ketones (excluding diaryl/α,β-unsaturated/α-hetero) is 1. The van der Waals surface area contributed by atoms with Crippen molar-refractivity contribution in [3.8, 4) is 0 Å². The number of rotatable bonds is 7. The minimum Gasteiger partial charge on any atom is -0.305 e. The molecule has 0 amide bonds. The van der Waals surface area contributed by atoms with Crippen molar-refractivity contribution < 1.29 is 4.79 Å². The lowest BCUT2D eigenvalue weighted by Crippen LogP contribution is -2.21. The summed E-state index contributed by atoms with van der Waals surface area (Å²) in [5.41, 5.74) is 5.08. The summed E-state index contributed by atoms with van der Waals surface area (Å²) in [7, 11) is 0. The lowest BCUT2D eigenvalue weighted by molar-refractivity contribution is 0.102. The van der Waals surface area contributed by atoms with E-state index < -0.39 is 0 Å². The predicted molar refractivity (Wildman–Crippen MR) is 122 cm³/mol. The molecule has 2 nitrogen and oxygen atoms in total. The second kappa shape index (κ2) is 9.35. The van der Waals surface area contributed by atoms with Gasteiger partial charge in [0.05, 0.1) is 9.09 Å². The molecule has 2 aromatic rings. The molecule has 1 aliphatic carbocycles. The number of hydrogen-bond donors (Lipinski definition) is 1. The molecule has 4 heteroatoms. The molecule has 1 heterocycles. The van der Waals surface area contributed by atoms with E-state index in [1.807, 2.05) is 43.4 Å². The Morgan fingerprint density at radius 3 is 2.71 bits per heavy atom. The van der Waals surface area contributed by atoms with Crippen LogP contribution in [0.1, 0.15) is 46.6 Å². The van der Waals surface area contributed by atoms with Gasteiger partial charge in [-0.05, 0) is 49.3 Å². The highest BCUT2D eigenvalue weighted by atomic mass is 32.2. The van der Waals surface area contributed by atoms with Crippen LogP contribution >= 0.6 is 23.1 Å². The Morgan fingerprint density at radius 2 is 2.07 bits per heavy atom. The highest BCUT2D eigenvalue weighted by Crippen LogP contribution is 2.44. The third-order valence-corrected chi connectivity index (χ3v) is 7.57. The first kappa shape index (κ1) is 20.6. The predicted octanol–water partition coefficient (Wildman–Crippen LogP) is 6.86. The Labute approximate surface area is 175 Å². The van der Waals surface area contributed by atoms with E-state index in [1.54, 1.807) is 30.0 Å². The van der Waals surface area contributed by atoms with Crippen LogP contribution in [0.5, 0.6) is 0 Å². The summed E-state index contributed by atoms with van der Waals surface area (Å²) in [5.74, 6) is 1.15. The normalized spacial score (nSPS) is 17.0. The average Bonchev–Trinajstić information content (AvgIpc) is 3.07. The molecule has 144 valence electrons. The Balaban J connectivity index is 1.94. The van der Waals surface area contributed by atoms with E-state index in [-0.39, 0.29) is 11.7 Å². The van der Waals surface area contributed by atoms with Gasteiger partial charge in [0.15, 0.2) is 5.78 Å². The molecule has 0 saturated carbocycles. The van der Waals surface area contributed by atoms with Crippen LogP contribution in [0.4, 0.5) is 0 Å². The zero-order chi connectivity index (χ0) is 20.1. The number of ketones is 1. The second-order valence-corrected chi connectivity index (χ2v) is 9.15. The summed E-state index contributed by atoms with van der Waals surface area (Å²) in [6.45, 7) is 7.58. The van der Waals surface area contributed by atoms with Gasteiger partial charge in [-0.1, -0.05) is 61.2 Å². The van der Waals surface area contributed by atoms with Crippen LogP contribution in [-0.4, -0.2) is 11.5 Å². The van der Waals surface area contributed by atoms with Crippen LogP contribution in [0.25, 0.3) is 0 Å². The first-order valence-corrected chi connectivity index (χ1v) is 11.2. The minimum atomic E-state index is 0.0962. The van der Waals surface area contributed by atoms with Crippen molar-refractivity contribution in [2.24, 2.45) is 5.92 Å². The van der Waals surface area contributed by atoms with E-state index in [4.69, 9.17) is 5.41 Å². The summed E-state index contributed by atoms with van der Waals surface area (Å²) in [6, 6.07) is 10.3. The lowest BCUT2D eigenvalue weighted by atomic mass is 9.79. The number of benzene rings is 1. The third-order valence-electron chi connectivity index (χ3n) is 4.90. The SMILES string of the molecule is C=C/C(=C\C=C/C)C1CC(=N)c2c(SCc3ccccc3)sc(C(C)=O)c2C1. The maximum absolute atomic E-state index is 12.3. The van der Waals surface area contributed by atoms with Crippen molar-refractivity contribution in [2.75, 3.05) is 0 Å². The van der Waals surface area contributed by atoms with E-state index in [0.29, 0.717) is 12.1 Å². The molecule has 1 atom stereocenters. The highest BCUT2D eigenvalue weighted by molar-refractivity contribution is 8.00. The Kier molecular flexibility index (Phi) is 6.87. The quantitative estimate of drug-likeness (QED) is 0.309. The van der Waals surface area contributed by atoms with Gasteiger partial charge in [-0.2, -0.15) is 0 Å². The summed E-state index contributed by atoms with van der Waals surface area (Å²) >= 11 is 3.30. The largest absolute Gasteiger partial charge is 0.305 e. The van der Waals surface area contributed by atoms with Crippen LogP contribution in [0.2, 0.25) is 0 Å². The van der Waals surface area contributed by atoms with Gasteiger partial charge in [-0.15, -0.1) is 23.1 Å². The molecule has 3 rings (SSSR count). The number of fused-ring (bicyclic) bond motifs is 1. The van der Waals surface area contributed by atoms with E-state index in [2.05, 4.69) is 24.8 Å². The molecule has 1 N–H and O–H groups in total. The van der Waals surface area contributed by atoms with Gasteiger partial charge in [-0.3, -0.25) is 4.79 Å². The number of carbonyl (C=O) groups excluding carboxylic acids is 1. The van der Waals surface area contributed by atoms with Gasteiger partial charge in [0.1, 0.15) is 0 Å². The smallest absolute Gasteiger partial charge is 0.170 e. The summed E-state index contributed by atoms with van der Waals surface area (Å²) in [4.78, 5) is 13.1. The van der Waals surface area contributed by atoms with E-state index >= 15 is 0 Å². The molecule has 1 aromatic carbocycles. The van der Waals surface area contributed by atoms with Crippen LogP contribution in [0.3, 0.4) is 0 Å². The third kappa shape index (κ3) is 4.45. The first-order chi connectivity index (χ1) is 13.5. The molecule has 0 fully saturated rings. The minimum absolute atomic E-state index is 0.0962. The number of hydrogen-bond acceptors (Lipinski definition) is 4. The van der Waals surface area contributed by atoms with Crippen molar-refractivity contribution in [1.29, 1.82) is 5.41 Å². The molecule has 0 radical (unpaired) electrons. The van der Waals surface area contributed by atoms with Gasteiger partial charge in [0, 0.05) is 17.0 Å². The Morgan fingerprint density at radius 1 is 1.32 bits per heavy atom. The highest BCUT2D eigenvalue weighted by Gasteiger charge is 2.32. The van der Waals surface area contributed by atoms with E-state index in [0.717, 1.165) is 38.0 Å². The van der Waals surface area contributed by atoms with Gasteiger partial charge < -0.3 is 5.41 Å². The van der Waals surface area contributed by atoms with Gasteiger partial charge in [0.2, 0.25) is 0 Å². The second-order valence-electron chi connectivity index (χ2n) is 6.88. The molecule has 0 bridgehead atoms. The van der Waals surface area contributed by atoms with Gasteiger partial charge in [0.25, 0.3) is 0 Å². The maximum Gasteiger partial charge on any atom is 0.170 e. The number of allylic oxidation sites excluding steroid dienone is 5. The zero-order valence-corrected chi connectivity index (χ0v) is 18.0. The molecular formula is C24H25NOS2. The van der Waals surface area contributed by atoms with E-state index in [9.17, 15) is 4.79 Å². The summed E-state index contributed by atoms with van der Waals surface area (Å²) in [6.07, 6.45) is 9.44. The average molecular weight is 408 g/mol. The number of thioether (sulfide) groups is 1. The maximum atomic E-state index is 12.3. The molecule has 0 spiro atoms. The molecule has 0 saturated heterocycles. The van der Waals surface area contributed by atoms with Crippen molar-refractivity contribution >= 4 is 34.6 Å². The first-order valence-electron chi connectivity index (χ1n) is 9.41. The molecule has 28 heavy (non-hydrogen) atoms. The van der Waals surface area contributed by atoms with E-state index in [1.165, 1.54) is 5.56 Å². The molecule has 0 aliphatic heterocycles. The summed E-state index contributed by atoms with van der Waals surface area (Å²) < 4.78 is 1.10. The fraction of sp³-hybridized carbons (Fsp3) is 0.250. The Bertz CT molecular complexity index is 950. The fourth-order valence-electron chi connectivity index (χ4n) is 3.53. The van der Waals surface area contributed by atoms with Crippen molar-refractivity contribution in [3.63, 3.8) is 0 Å². The standard InChI is InChI=1S/C24H25NOS2/c1-4-6-12-18(5-2)19-13-20-22(21(25)14-19)24(28-23(20)16(3)26)27-15-17-10-8-7-9-11-17/h4-12,19,25H,2,13-15H2,1,3H3/b6-4-,18-12+,25-21?. The molecule has 1 aliphatic rings. The molecule has 1 aromatic heterocycles. The van der Waals surface area contributed by atoms with Crippen molar-refractivity contribution in [2.45, 2.75) is 36.7 Å². The summed E-state index contributed by atoms with van der Waals surface area (Å²) in [5, 5.41) is 8.73. The Hall–Kier alpha value is -2.17.